The highest BCUT2D eigenvalue weighted by Gasteiger charge is 2.25. The molecule has 3 N–H and O–H groups in total. The molecule has 2 aliphatic rings. The van der Waals surface area contributed by atoms with Crippen LogP contribution in [0.2, 0.25) is 0 Å². The molecule has 2 fully saturated rings. The lowest BCUT2D eigenvalue weighted by Gasteiger charge is -2.29. The zero-order valence-electron chi connectivity index (χ0n) is 12.6. The maximum absolute atomic E-state index is 12.2. The lowest BCUT2D eigenvalue weighted by Crippen LogP contribution is -2.40. The molecule has 0 aromatic heterocycles. The Balaban J connectivity index is 0.00000200. The summed E-state index contributed by atoms with van der Waals surface area (Å²) in [6.45, 7) is 0. The van der Waals surface area contributed by atoms with Gasteiger partial charge in [0.15, 0.2) is 0 Å². The summed E-state index contributed by atoms with van der Waals surface area (Å²) in [7, 11) is 0. The zero-order valence-corrected chi connectivity index (χ0v) is 13.4. The van der Waals surface area contributed by atoms with Crippen LogP contribution in [0.25, 0.3) is 0 Å². The minimum absolute atomic E-state index is 0. The Hall–Kier alpha value is -0.280. The third-order valence-corrected chi connectivity index (χ3v) is 4.89. The van der Waals surface area contributed by atoms with E-state index in [2.05, 4.69) is 5.32 Å². The van der Waals surface area contributed by atoms with Crippen LogP contribution >= 0.6 is 12.4 Å². The molecule has 0 bridgehead atoms. The summed E-state index contributed by atoms with van der Waals surface area (Å²) < 4.78 is 0. The highest BCUT2D eigenvalue weighted by Crippen LogP contribution is 2.26. The van der Waals surface area contributed by atoms with Gasteiger partial charge in [0.2, 0.25) is 5.91 Å². The molecule has 0 heterocycles. The van der Waals surface area contributed by atoms with Crippen LogP contribution in [0.5, 0.6) is 0 Å². The van der Waals surface area contributed by atoms with Gasteiger partial charge in [-0.15, -0.1) is 12.4 Å². The van der Waals surface area contributed by atoms with Crippen LogP contribution in [0.4, 0.5) is 0 Å². The van der Waals surface area contributed by atoms with Crippen LogP contribution in [0.15, 0.2) is 0 Å². The SMILES string of the molecule is Cl.NC1CCCCC1CC(=O)NC1CCCCCCC1. The second-order valence-electron chi connectivity index (χ2n) is 6.52. The van der Waals surface area contributed by atoms with Crippen LogP contribution < -0.4 is 11.1 Å². The number of hydrogen-bond acceptors (Lipinski definition) is 2. The van der Waals surface area contributed by atoms with Crippen LogP contribution in [-0.4, -0.2) is 18.0 Å². The lowest BCUT2D eigenvalue weighted by atomic mass is 9.82. The van der Waals surface area contributed by atoms with Crippen LogP contribution in [0, 0.1) is 5.92 Å². The minimum Gasteiger partial charge on any atom is -0.353 e. The first-order chi connectivity index (χ1) is 9.25. The van der Waals surface area contributed by atoms with Gasteiger partial charge in [0.1, 0.15) is 0 Å². The fourth-order valence-corrected chi connectivity index (χ4v) is 3.61. The van der Waals surface area contributed by atoms with E-state index in [0.29, 0.717) is 18.4 Å². The average molecular weight is 303 g/mol. The fraction of sp³-hybridized carbons (Fsp3) is 0.938. The Kier molecular flexibility index (Phi) is 8.55. The zero-order chi connectivity index (χ0) is 13.5. The Morgan fingerprint density at radius 3 is 2.10 bits per heavy atom. The van der Waals surface area contributed by atoms with Crippen molar-refractivity contribution < 1.29 is 4.79 Å². The molecule has 0 aromatic rings. The van der Waals surface area contributed by atoms with Crippen molar-refractivity contribution >= 4 is 18.3 Å². The van der Waals surface area contributed by atoms with Gasteiger partial charge in [-0.25, -0.2) is 0 Å². The second-order valence-corrected chi connectivity index (χ2v) is 6.52. The first kappa shape index (κ1) is 17.8. The van der Waals surface area contributed by atoms with Crippen molar-refractivity contribution in [3.63, 3.8) is 0 Å². The van der Waals surface area contributed by atoms with Gasteiger partial charge in [0.25, 0.3) is 0 Å². The lowest BCUT2D eigenvalue weighted by molar-refractivity contribution is -0.123. The second kappa shape index (κ2) is 9.62. The number of nitrogens with one attached hydrogen (secondary N) is 1. The van der Waals surface area contributed by atoms with E-state index in [9.17, 15) is 4.79 Å². The third-order valence-electron chi connectivity index (χ3n) is 4.89. The summed E-state index contributed by atoms with van der Waals surface area (Å²) in [4.78, 5) is 12.2. The fourth-order valence-electron chi connectivity index (χ4n) is 3.61. The van der Waals surface area contributed by atoms with Gasteiger partial charge in [-0.1, -0.05) is 44.9 Å². The highest BCUT2D eigenvalue weighted by molar-refractivity contribution is 5.85. The summed E-state index contributed by atoms with van der Waals surface area (Å²) in [5.74, 6) is 0.662. The third kappa shape index (κ3) is 6.01. The molecule has 0 radical (unpaired) electrons. The van der Waals surface area contributed by atoms with E-state index < -0.39 is 0 Å². The molecule has 2 atom stereocenters. The predicted molar refractivity (Wildman–Crippen MR) is 86.0 cm³/mol. The largest absolute Gasteiger partial charge is 0.353 e. The monoisotopic (exact) mass is 302 g/mol. The predicted octanol–water partition coefficient (Wildman–Crippen LogP) is 3.54. The molecule has 0 aliphatic heterocycles. The summed E-state index contributed by atoms with van der Waals surface area (Å²) in [6, 6.07) is 0.671. The number of hydrogen-bond donors (Lipinski definition) is 2. The number of carbonyl (C=O) groups excluding carboxylic acids is 1. The first-order valence-corrected chi connectivity index (χ1v) is 8.30. The molecular weight excluding hydrogens is 272 g/mol. The highest BCUT2D eigenvalue weighted by atomic mass is 35.5. The number of halogens is 1. The molecular formula is C16H31ClN2O. The molecule has 2 aliphatic carbocycles. The van der Waals surface area contributed by atoms with Crippen LogP contribution in [0.3, 0.4) is 0 Å². The maximum Gasteiger partial charge on any atom is 0.220 e. The molecule has 1 amide bonds. The Bertz CT molecular complexity index is 278. The van der Waals surface area contributed by atoms with Gasteiger partial charge in [-0.3, -0.25) is 4.79 Å². The van der Waals surface area contributed by atoms with Crippen molar-refractivity contribution in [1.82, 2.24) is 5.32 Å². The summed E-state index contributed by atoms with van der Waals surface area (Å²) in [5.41, 5.74) is 6.13. The van der Waals surface area contributed by atoms with Gasteiger partial charge < -0.3 is 11.1 Å². The Morgan fingerprint density at radius 2 is 1.45 bits per heavy atom. The van der Waals surface area contributed by atoms with E-state index in [4.69, 9.17) is 5.73 Å². The average Bonchev–Trinajstić information content (AvgIpc) is 2.35. The number of nitrogens with two attached hydrogens (primary N) is 1. The Labute approximate surface area is 129 Å². The van der Waals surface area contributed by atoms with Gasteiger partial charge in [0, 0.05) is 18.5 Å². The quantitative estimate of drug-likeness (QED) is 0.837. The molecule has 3 nitrogen and oxygen atoms in total. The van der Waals surface area contributed by atoms with Crippen LogP contribution in [-0.2, 0) is 4.79 Å². The van der Waals surface area contributed by atoms with Crippen molar-refractivity contribution in [1.29, 1.82) is 0 Å². The van der Waals surface area contributed by atoms with Crippen molar-refractivity contribution in [2.45, 2.75) is 89.1 Å². The number of carbonyl (C=O) groups is 1. The minimum atomic E-state index is 0. The normalized spacial score (nSPS) is 28.9. The summed E-state index contributed by atoms with van der Waals surface area (Å²) in [6.07, 6.45) is 14.3. The van der Waals surface area contributed by atoms with Gasteiger partial charge in [0.05, 0.1) is 0 Å². The van der Waals surface area contributed by atoms with Crippen molar-refractivity contribution in [3.8, 4) is 0 Å². The van der Waals surface area contributed by atoms with Crippen molar-refractivity contribution in [3.05, 3.63) is 0 Å². The summed E-state index contributed by atoms with van der Waals surface area (Å²) >= 11 is 0. The standard InChI is InChI=1S/C16H30N2O.ClH/c17-15-11-7-6-8-13(15)12-16(19)18-14-9-4-2-1-3-5-10-14;/h13-15H,1-12,17H2,(H,18,19);1H. The molecule has 4 heteroatoms. The van der Waals surface area contributed by atoms with E-state index in [0.717, 1.165) is 12.8 Å². The first-order valence-electron chi connectivity index (χ1n) is 8.30. The van der Waals surface area contributed by atoms with Crippen molar-refractivity contribution in [2.24, 2.45) is 11.7 Å². The van der Waals surface area contributed by atoms with Gasteiger partial charge in [-0.2, -0.15) is 0 Å². The molecule has 2 saturated carbocycles. The molecule has 0 spiro atoms. The van der Waals surface area contributed by atoms with E-state index >= 15 is 0 Å². The van der Waals surface area contributed by atoms with Crippen LogP contribution in [0.1, 0.15) is 77.0 Å². The number of rotatable bonds is 3. The molecule has 20 heavy (non-hydrogen) atoms. The Morgan fingerprint density at radius 1 is 0.900 bits per heavy atom. The van der Waals surface area contributed by atoms with E-state index in [1.165, 1.54) is 57.8 Å². The van der Waals surface area contributed by atoms with Gasteiger partial charge >= 0.3 is 0 Å². The van der Waals surface area contributed by atoms with E-state index in [1.54, 1.807) is 0 Å². The van der Waals surface area contributed by atoms with Crippen molar-refractivity contribution in [2.75, 3.05) is 0 Å². The molecule has 0 aromatic carbocycles. The maximum atomic E-state index is 12.2. The number of amides is 1. The molecule has 2 unspecified atom stereocenters. The molecule has 0 saturated heterocycles. The van der Waals surface area contributed by atoms with E-state index in [-0.39, 0.29) is 24.4 Å². The van der Waals surface area contributed by atoms with Gasteiger partial charge in [-0.05, 0) is 31.6 Å². The topological polar surface area (TPSA) is 55.1 Å². The smallest absolute Gasteiger partial charge is 0.220 e. The molecule has 2 rings (SSSR count). The van der Waals surface area contributed by atoms with E-state index in [1.807, 2.05) is 0 Å². The molecule has 118 valence electrons. The summed E-state index contributed by atoms with van der Waals surface area (Å²) in [5, 5.41) is 3.26.